The number of furan rings is 1. The highest BCUT2D eigenvalue weighted by Gasteiger charge is 2.53. The molecule has 0 radical (unpaired) electrons. The van der Waals surface area contributed by atoms with E-state index >= 15 is 0 Å². The molecule has 1 aromatic heterocycles. The summed E-state index contributed by atoms with van der Waals surface area (Å²) in [4.78, 5) is 5.06. The van der Waals surface area contributed by atoms with Gasteiger partial charge in [-0.2, -0.15) is 0 Å². The first-order chi connectivity index (χ1) is 19.8. The molecule has 0 amide bonds. The van der Waals surface area contributed by atoms with Crippen LogP contribution in [0.25, 0.3) is 45.4 Å². The molecule has 3 aliphatic rings. The Labute approximate surface area is 239 Å². The molecule has 0 saturated carbocycles. The number of fused-ring (bicyclic) bond motifs is 6. The summed E-state index contributed by atoms with van der Waals surface area (Å²) < 4.78 is 19.9. The number of allylic oxidation sites excluding steroid dienone is 1. The highest BCUT2D eigenvalue weighted by atomic mass is 16.7. The zero-order valence-corrected chi connectivity index (χ0v) is 23.6. The van der Waals surface area contributed by atoms with E-state index < -0.39 is 18.3 Å². The molecule has 41 heavy (non-hydrogen) atoms. The fourth-order valence-electron chi connectivity index (χ4n) is 6.19. The summed E-state index contributed by atoms with van der Waals surface area (Å²) in [6.45, 7) is 8.32. The van der Waals surface area contributed by atoms with Gasteiger partial charge in [-0.25, -0.2) is 4.99 Å². The van der Waals surface area contributed by atoms with E-state index in [2.05, 4.69) is 119 Å². The molecule has 0 bridgehead atoms. The van der Waals surface area contributed by atoms with Gasteiger partial charge in [0, 0.05) is 28.0 Å². The Morgan fingerprint density at radius 2 is 1.49 bits per heavy atom. The second-order valence-electron chi connectivity index (χ2n) is 12.2. The molecule has 4 aromatic carbocycles. The minimum absolute atomic E-state index is 0.101. The lowest BCUT2D eigenvalue weighted by Crippen LogP contribution is -2.44. The predicted molar refractivity (Wildman–Crippen MR) is 166 cm³/mol. The number of hydrogen-bond donors (Lipinski definition) is 0. The van der Waals surface area contributed by atoms with E-state index in [9.17, 15) is 0 Å². The minimum atomic E-state index is -0.592. The van der Waals surface area contributed by atoms with Gasteiger partial charge in [0.2, 0.25) is 0 Å². The summed E-state index contributed by atoms with van der Waals surface area (Å²) in [5.41, 5.74) is 9.46. The van der Waals surface area contributed by atoms with Crippen LogP contribution in [0.5, 0.6) is 0 Å². The molecule has 0 spiro atoms. The third kappa shape index (κ3) is 3.73. The van der Waals surface area contributed by atoms with Crippen molar-refractivity contribution in [2.45, 2.75) is 44.8 Å². The summed E-state index contributed by atoms with van der Waals surface area (Å²) in [5.74, 6) is 0.101. The third-order valence-corrected chi connectivity index (χ3v) is 9.15. The van der Waals surface area contributed by atoms with Gasteiger partial charge in [-0.1, -0.05) is 84.9 Å². The summed E-state index contributed by atoms with van der Waals surface area (Å²) in [6.07, 6.45) is 6.70. The van der Waals surface area contributed by atoms with Gasteiger partial charge in [0.05, 0.1) is 27.7 Å². The molecule has 0 N–H and O–H groups in total. The van der Waals surface area contributed by atoms with Crippen molar-refractivity contribution in [1.29, 1.82) is 0 Å². The van der Waals surface area contributed by atoms with Gasteiger partial charge in [-0.05, 0) is 62.6 Å². The normalized spacial score (nSPS) is 19.4. The molecule has 1 fully saturated rings. The maximum atomic E-state index is 6.73. The van der Waals surface area contributed by atoms with E-state index in [-0.39, 0.29) is 5.92 Å². The van der Waals surface area contributed by atoms with E-state index in [0.717, 1.165) is 49.6 Å². The Hall–Kier alpha value is -4.19. The summed E-state index contributed by atoms with van der Waals surface area (Å²) in [5, 5.41) is 1.93. The Morgan fingerprint density at radius 3 is 2.29 bits per heavy atom. The molecule has 1 aliphatic carbocycles. The zero-order chi connectivity index (χ0) is 27.9. The first kappa shape index (κ1) is 24.6. The maximum absolute atomic E-state index is 6.73. The lowest BCUT2D eigenvalue weighted by atomic mass is 9.76. The van der Waals surface area contributed by atoms with Gasteiger partial charge in [0.25, 0.3) is 0 Å². The van der Waals surface area contributed by atoms with E-state index in [1.165, 1.54) is 16.7 Å². The van der Waals surface area contributed by atoms with Crippen molar-refractivity contribution < 1.29 is 13.7 Å². The van der Waals surface area contributed by atoms with Gasteiger partial charge >= 0.3 is 7.12 Å². The SMILES string of the molecule is CC1(C)OB(c2c3c(cc4c5c(oc24)=CC(c2cccc(-c4ccccc4)c2)C=C5)-c2ccccc2N=3)OC1(C)C. The molecule has 1 saturated heterocycles. The monoisotopic (exact) mass is 535 g/mol. The highest BCUT2D eigenvalue weighted by Crippen LogP contribution is 2.39. The number of para-hydroxylation sites is 1. The number of nitrogens with zero attached hydrogens (tertiary/aromatic N) is 1. The van der Waals surface area contributed by atoms with Gasteiger partial charge in [-0.15, -0.1) is 0 Å². The average Bonchev–Trinajstić information content (AvgIpc) is 3.59. The smallest absolute Gasteiger partial charge is 0.457 e. The molecule has 3 heterocycles. The largest absolute Gasteiger partial charge is 0.500 e. The second-order valence-corrected chi connectivity index (χ2v) is 12.2. The molecule has 200 valence electrons. The van der Waals surface area contributed by atoms with Crippen LogP contribution in [-0.4, -0.2) is 18.3 Å². The van der Waals surface area contributed by atoms with E-state index in [4.69, 9.17) is 18.7 Å². The fourth-order valence-corrected chi connectivity index (χ4v) is 6.19. The third-order valence-electron chi connectivity index (χ3n) is 9.15. The Balaban J connectivity index is 1.31. The van der Waals surface area contributed by atoms with E-state index in [1.807, 2.05) is 12.1 Å². The van der Waals surface area contributed by atoms with Crippen molar-refractivity contribution in [3.8, 4) is 22.3 Å². The first-order valence-electron chi connectivity index (χ1n) is 14.3. The van der Waals surface area contributed by atoms with Crippen molar-refractivity contribution in [3.05, 3.63) is 113 Å². The van der Waals surface area contributed by atoms with Crippen LogP contribution in [0.15, 0.2) is 100 Å². The van der Waals surface area contributed by atoms with Crippen molar-refractivity contribution in [2.24, 2.45) is 4.99 Å². The molecule has 5 heteroatoms. The molecular formula is C36H30BNO3. The van der Waals surface area contributed by atoms with Crippen LogP contribution in [0.3, 0.4) is 0 Å². The Bertz CT molecular complexity index is 2000. The van der Waals surface area contributed by atoms with Crippen molar-refractivity contribution in [2.75, 3.05) is 0 Å². The standard InChI is InChI=1S/C36H30BNO3/c1-35(2)36(3,4)41-37(40-35)32-33-28(26-15-8-9-16-30(26)38-33)21-29-27-18-17-25(20-31(27)39-34(29)32)24-14-10-13-23(19-24)22-11-6-5-7-12-22/h5-21,25H,1-4H3. The average molecular weight is 535 g/mol. The van der Waals surface area contributed by atoms with Crippen LogP contribution in [0.2, 0.25) is 0 Å². The van der Waals surface area contributed by atoms with Crippen molar-refractivity contribution >= 4 is 41.4 Å². The lowest BCUT2D eigenvalue weighted by molar-refractivity contribution is 0.00578. The van der Waals surface area contributed by atoms with Gasteiger partial charge < -0.3 is 13.7 Å². The van der Waals surface area contributed by atoms with Gasteiger partial charge in [0.15, 0.2) is 0 Å². The number of rotatable bonds is 3. The summed E-state index contributed by atoms with van der Waals surface area (Å²) >= 11 is 0. The van der Waals surface area contributed by atoms with Crippen LogP contribution < -0.4 is 16.2 Å². The Morgan fingerprint density at radius 1 is 0.756 bits per heavy atom. The topological polar surface area (TPSA) is 44.0 Å². The minimum Gasteiger partial charge on any atom is -0.457 e. The Kier molecular flexibility index (Phi) is 5.19. The van der Waals surface area contributed by atoms with Crippen molar-refractivity contribution in [1.82, 2.24) is 0 Å². The quantitative estimate of drug-likeness (QED) is 0.231. The molecule has 8 rings (SSSR count). The number of hydrogen-bond acceptors (Lipinski definition) is 4. The van der Waals surface area contributed by atoms with E-state index in [1.54, 1.807) is 0 Å². The van der Waals surface area contributed by atoms with Crippen LogP contribution in [0.1, 0.15) is 44.7 Å². The van der Waals surface area contributed by atoms with Gasteiger partial charge in [0.1, 0.15) is 11.0 Å². The van der Waals surface area contributed by atoms with Crippen molar-refractivity contribution in [3.63, 3.8) is 0 Å². The zero-order valence-electron chi connectivity index (χ0n) is 23.6. The van der Waals surface area contributed by atoms with Crippen LogP contribution in [-0.2, 0) is 9.31 Å². The molecule has 4 nitrogen and oxygen atoms in total. The summed E-state index contributed by atoms with van der Waals surface area (Å²) in [6, 6.07) is 29.8. The molecule has 1 atom stereocenters. The fraction of sp³-hybridized carbons (Fsp3) is 0.194. The summed E-state index contributed by atoms with van der Waals surface area (Å²) in [7, 11) is -0.592. The number of benzene rings is 4. The van der Waals surface area contributed by atoms with Crippen LogP contribution >= 0.6 is 0 Å². The first-order valence-corrected chi connectivity index (χ1v) is 14.3. The van der Waals surface area contributed by atoms with E-state index in [0.29, 0.717) is 0 Å². The molecular weight excluding hydrogens is 505 g/mol. The van der Waals surface area contributed by atoms with Crippen LogP contribution in [0.4, 0.5) is 5.69 Å². The second kappa shape index (κ2) is 8.66. The van der Waals surface area contributed by atoms with Gasteiger partial charge in [-0.3, -0.25) is 0 Å². The molecule has 5 aromatic rings. The maximum Gasteiger partial charge on any atom is 0.500 e. The molecule has 2 aliphatic heterocycles. The van der Waals surface area contributed by atoms with Crippen LogP contribution in [0, 0.1) is 0 Å². The lowest BCUT2D eigenvalue weighted by Gasteiger charge is -2.32. The highest BCUT2D eigenvalue weighted by molar-refractivity contribution is 6.65. The predicted octanol–water partition coefficient (Wildman–Crippen LogP) is 6.92. The molecule has 1 unspecified atom stereocenters.